The highest BCUT2D eigenvalue weighted by Gasteiger charge is 2.24. The van der Waals surface area contributed by atoms with E-state index in [-0.39, 0.29) is 12.8 Å². The molecule has 0 aliphatic carbocycles. The number of carboxylic acids is 1. The SMILES string of the molecule is C[C@@H](O)[C@H](NC(=O)CCC(N)N)C(=O)O. The van der Waals surface area contributed by atoms with Gasteiger partial charge in [-0.05, 0) is 13.3 Å². The minimum absolute atomic E-state index is 0.0359. The van der Waals surface area contributed by atoms with Crippen molar-refractivity contribution in [2.24, 2.45) is 11.5 Å². The summed E-state index contributed by atoms with van der Waals surface area (Å²) in [5, 5.41) is 19.9. The number of aliphatic hydroxyl groups is 1. The van der Waals surface area contributed by atoms with Gasteiger partial charge in [-0.1, -0.05) is 0 Å². The van der Waals surface area contributed by atoms with Crippen LogP contribution in [0.4, 0.5) is 0 Å². The maximum absolute atomic E-state index is 11.2. The maximum atomic E-state index is 11.2. The van der Waals surface area contributed by atoms with Crippen LogP contribution in [0, 0.1) is 0 Å². The van der Waals surface area contributed by atoms with Crippen molar-refractivity contribution in [3.63, 3.8) is 0 Å². The van der Waals surface area contributed by atoms with E-state index in [0.717, 1.165) is 0 Å². The van der Waals surface area contributed by atoms with Gasteiger partial charge in [-0.25, -0.2) is 4.79 Å². The van der Waals surface area contributed by atoms with Gasteiger partial charge in [0.05, 0.1) is 12.3 Å². The lowest BCUT2D eigenvalue weighted by Crippen LogP contribution is -2.48. The Morgan fingerprint density at radius 1 is 1.40 bits per heavy atom. The summed E-state index contributed by atoms with van der Waals surface area (Å²) in [5.74, 6) is -1.78. The van der Waals surface area contributed by atoms with Crippen molar-refractivity contribution in [1.29, 1.82) is 0 Å². The standard InChI is InChI=1S/C8H17N3O4/c1-4(12)7(8(14)15)11-6(13)3-2-5(9)10/h4-5,7,12H,2-3,9-10H2,1H3,(H,11,13)(H,14,15)/t4-,7+/m1/s1. The van der Waals surface area contributed by atoms with Crippen LogP contribution in [0.3, 0.4) is 0 Å². The highest BCUT2D eigenvalue weighted by atomic mass is 16.4. The normalized spacial score (nSPS) is 14.7. The number of nitrogens with two attached hydrogens (primary N) is 2. The van der Waals surface area contributed by atoms with E-state index in [1.54, 1.807) is 0 Å². The molecule has 1 amide bonds. The molecule has 0 aliphatic heterocycles. The Hall–Kier alpha value is -1.18. The van der Waals surface area contributed by atoms with Crippen molar-refractivity contribution < 1.29 is 19.8 Å². The summed E-state index contributed by atoms with van der Waals surface area (Å²) >= 11 is 0. The van der Waals surface area contributed by atoms with Crippen LogP contribution >= 0.6 is 0 Å². The lowest BCUT2D eigenvalue weighted by Gasteiger charge is -2.17. The summed E-state index contributed by atoms with van der Waals surface area (Å²) in [5.41, 5.74) is 10.4. The molecule has 15 heavy (non-hydrogen) atoms. The van der Waals surface area contributed by atoms with Crippen molar-refractivity contribution in [3.8, 4) is 0 Å². The monoisotopic (exact) mass is 219 g/mol. The van der Waals surface area contributed by atoms with E-state index >= 15 is 0 Å². The van der Waals surface area contributed by atoms with E-state index in [1.165, 1.54) is 6.92 Å². The predicted molar refractivity (Wildman–Crippen MR) is 52.6 cm³/mol. The number of carbonyl (C=O) groups is 2. The molecule has 0 saturated carbocycles. The third kappa shape index (κ3) is 6.00. The zero-order chi connectivity index (χ0) is 12.0. The lowest BCUT2D eigenvalue weighted by atomic mass is 10.1. The fourth-order valence-electron chi connectivity index (χ4n) is 0.932. The van der Waals surface area contributed by atoms with Crippen LogP contribution in [0.15, 0.2) is 0 Å². The first-order chi connectivity index (χ1) is 6.84. The number of aliphatic hydroxyl groups excluding tert-OH is 1. The zero-order valence-electron chi connectivity index (χ0n) is 8.51. The van der Waals surface area contributed by atoms with Crippen LogP contribution < -0.4 is 16.8 Å². The number of carbonyl (C=O) groups excluding carboxylic acids is 1. The minimum Gasteiger partial charge on any atom is -0.480 e. The molecule has 7 nitrogen and oxygen atoms in total. The molecule has 88 valence electrons. The fraction of sp³-hybridized carbons (Fsp3) is 0.750. The van der Waals surface area contributed by atoms with Crippen LogP contribution in [-0.4, -0.2) is 40.4 Å². The summed E-state index contributed by atoms with van der Waals surface area (Å²) in [7, 11) is 0. The molecular formula is C8H17N3O4. The third-order valence-corrected chi connectivity index (χ3v) is 1.77. The van der Waals surface area contributed by atoms with E-state index in [4.69, 9.17) is 21.7 Å². The number of aliphatic carboxylic acids is 1. The largest absolute Gasteiger partial charge is 0.480 e. The molecule has 7 heteroatoms. The van der Waals surface area contributed by atoms with Gasteiger partial charge >= 0.3 is 5.97 Å². The first-order valence-corrected chi connectivity index (χ1v) is 4.56. The summed E-state index contributed by atoms with van der Waals surface area (Å²) < 4.78 is 0. The van der Waals surface area contributed by atoms with Crippen LogP contribution in [0.25, 0.3) is 0 Å². The highest BCUT2D eigenvalue weighted by Crippen LogP contribution is 1.96. The molecule has 0 aliphatic rings. The molecule has 0 radical (unpaired) electrons. The first-order valence-electron chi connectivity index (χ1n) is 4.56. The topological polar surface area (TPSA) is 139 Å². The number of hydrogen-bond acceptors (Lipinski definition) is 5. The van der Waals surface area contributed by atoms with E-state index in [0.29, 0.717) is 0 Å². The van der Waals surface area contributed by atoms with Gasteiger partial charge in [0.2, 0.25) is 5.91 Å². The molecule has 0 bridgehead atoms. The smallest absolute Gasteiger partial charge is 0.328 e. The summed E-state index contributed by atoms with van der Waals surface area (Å²) in [6.07, 6.45) is -1.46. The quantitative estimate of drug-likeness (QED) is 0.326. The van der Waals surface area contributed by atoms with Gasteiger partial charge in [0.25, 0.3) is 0 Å². The van der Waals surface area contributed by atoms with Crippen molar-refractivity contribution in [2.45, 2.75) is 38.1 Å². The summed E-state index contributed by atoms with van der Waals surface area (Å²) in [4.78, 5) is 21.8. The number of nitrogens with one attached hydrogen (secondary N) is 1. The summed E-state index contributed by atoms with van der Waals surface area (Å²) in [6, 6.07) is -1.30. The Kier molecular flexibility index (Phi) is 5.83. The molecule has 2 atom stereocenters. The second-order valence-corrected chi connectivity index (χ2v) is 3.33. The molecule has 7 N–H and O–H groups in total. The summed E-state index contributed by atoms with van der Waals surface area (Å²) in [6.45, 7) is 1.29. The molecular weight excluding hydrogens is 202 g/mol. The second kappa shape index (κ2) is 6.33. The van der Waals surface area contributed by atoms with E-state index in [2.05, 4.69) is 5.32 Å². The molecule has 0 aromatic carbocycles. The van der Waals surface area contributed by atoms with Crippen molar-refractivity contribution in [3.05, 3.63) is 0 Å². The highest BCUT2D eigenvalue weighted by molar-refractivity contribution is 5.83. The molecule has 0 saturated heterocycles. The van der Waals surface area contributed by atoms with Gasteiger partial charge < -0.3 is 27.0 Å². The third-order valence-electron chi connectivity index (χ3n) is 1.77. The van der Waals surface area contributed by atoms with Crippen molar-refractivity contribution in [1.82, 2.24) is 5.32 Å². The number of carboxylic acid groups (broad SMARTS) is 1. The molecule has 0 spiro atoms. The van der Waals surface area contributed by atoms with Crippen LogP contribution in [0.1, 0.15) is 19.8 Å². The molecule has 0 aromatic rings. The van der Waals surface area contributed by atoms with Gasteiger partial charge in [0.1, 0.15) is 0 Å². The molecule has 0 aromatic heterocycles. The number of hydrogen-bond donors (Lipinski definition) is 5. The van der Waals surface area contributed by atoms with E-state index < -0.39 is 30.2 Å². The Morgan fingerprint density at radius 3 is 2.27 bits per heavy atom. The van der Waals surface area contributed by atoms with Gasteiger partial charge in [-0.2, -0.15) is 0 Å². The van der Waals surface area contributed by atoms with Crippen molar-refractivity contribution >= 4 is 11.9 Å². The average Bonchev–Trinajstić information content (AvgIpc) is 2.09. The average molecular weight is 219 g/mol. The van der Waals surface area contributed by atoms with Gasteiger partial charge in [-0.3, -0.25) is 4.79 Å². The molecule has 0 unspecified atom stereocenters. The zero-order valence-corrected chi connectivity index (χ0v) is 8.51. The van der Waals surface area contributed by atoms with Crippen molar-refractivity contribution in [2.75, 3.05) is 0 Å². The minimum atomic E-state index is -1.30. The maximum Gasteiger partial charge on any atom is 0.328 e. The Bertz CT molecular complexity index is 230. The second-order valence-electron chi connectivity index (χ2n) is 3.33. The lowest BCUT2D eigenvalue weighted by molar-refractivity contribution is -0.144. The van der Waals surface area contributed by atoms with Gasteiger partial charge in [0, 0.05) is 6.42 Å². The molecule has 0 fully saturated rings. The molecule has 0 rings (SSSR count). The molecule has 0 heterocycles. The van der Waals surface area contributed by atoms with Crippen LogP contribution in [-0.2, 0) is 9.59 Å². The van der Waals surface area contributed by atoms with E-state index in [9.17, 15) is 9.59 Å². The predicted octanol–water partition coefficient (Wildman–Crippen LogP) is -2.04. The Morgan fingerprint density at radius 2 is 1.93 bits per heavy atom. The fourth-order valence-corrected chi connectivity index (χ4v) is 0.932. The van der Waals surface area contributed by atoms with Crippen LogP contribution in [0.2, 0.25) is 0 Å². The van der Waals surface area contributed by atoms with Gasteiger partial charge in [-0.15, -0.1) is 0 Å². The number of amides is 1. The Balaban J connectivity index is 4.07. The number of rotatable bonds is 6. The van der Waals surface area contributed by atoms with E-state index in [1.807, 2.05) is 0 Å². The van der Waals surface area contributed by atoms with Crippen LogP contribution in [0.5, 0.6) is 0 Å². The first kappa shape index (κ1) is 13.8. The van der Waals surface area contributed by atoms with Gasteiger partial charge in [0.15, 0.2) is 6.04 Å². The Labute approximate surface area is 87.4 Å².